The second-order valence-corrected chi connectivity index (χ2v) is 8.03. The van der Waals surface area contributed by atoms with E-state index in [1.54, 1.807) is 7.11 Å². The van der Waals surface area contributed by atoms with Gasteiger partial charge < -0.3 is 14.4 Å². The van der Waals surface area contributed by atoms with Gasteiger partial charge >= 0.3 is 0 Å². The molecule has 0 bridgehead atoms. The number of hydrogen-bond acceptors (Lipinski definition) is 4. The monoisotopic (exact) mass is 402 g/mol. The number of aromatic nitrogens is 1. The largest absolute Gasteiger partial charge is 0.493 e. The summed E-state index contributed by atoms with van der Waals surface area (Å²) in [7, 11) is 1.70. The van der Waals surface area contributed by atoms with Crippen LogP contribution < -0.4 is 14.4 Å². The average Bonchev–Trinajstić information content (AvgIpc) is 3.28. The van der Waals surface area contributed by atoms with Gasteiger partial charge in [0.1, 0.15) is 0 Å². The molecule has 2 aromatic carbocycles. The molecule has 0 atom stereocenters. The van der Waals surface area contributed by atoms with E-state index in [1.807, 2.05) is 24.5 Å². The van der Waals surface area contributed by atoms with Crippen molar-refractivity contribution in [3.05, 3.63) is 77.6 Å². The Kier molecular flexibility index (Phi) is 6.22. The molecule has 0 aliphatic heterocycles. The van der Waals surface area contributed by atoms with Crippen LogP contribution in [0, 0.1) is 13.8 Å². The van der Waals surface area contributed by atoms with Gasteiger partial charge in [-0.15, -0.1) is 0 Å². The molecule has 3 aromatic rings. The third kappa shape index (κ3) is 4.43. The van der Waals surface area contributed by atoms with Crippen LogP contribution in [0.4, 0.5) is 11.4 Å². The predicted octanol–water partition coefficient (Wildman–Crippen LogP) is 6.37. The number of benzene rings is 2. The third-order valence-corrected chi connectivity index (χ3v) is 5.99. The molecule has 0 N–H and O–H groups in total. The molecule has 1 aliphatic carbocycles. The van der Waals surface area contributed by atoms with E-state index in [4.69, 9.17) is 9.47 Å². The average molecular weight is 403 g/mol. The van der Waals surface area contributed by atoms with Gasteiger partial charge in [0.05, 0.1) is 13.2 Å². The van der Waals surface area contributed by atoms with E-state index < -0.39 is 0 Å². The molecule has 0 amide bonds. The topological polar surface area (TPSA) is 34.6 Å². The van der Waals surface area contributed by atoms with Gasteiger partial charge in [-0.1, -0.05) is 18.2 Å². The highest BCUT2D eigenvalue weighted by Crippen LogP contribution is 2.38. The molecule has 4 heteroatoms. The van der Waals surface area contributed by atoms with Crippen LogP contribution in [0.5, 0.6) is 11.5 Å². The molecule has 4 nitrogen and oxygen atoms in total. The molecule has 1 aliphatic rings. The molecular weight excluding hydrogens is 372 g/mol. The smallest absolute Gasteiger partial charge is 0.163 e. The van der Waals surface area contributed by atoms with E-state index in [0.29, 0.717) is 0 Å². The van der Waals surface area contributed by atoms with E-state index in [2.05, 4.69) is 60.1 Å². The van der Waals surface area contributed by atoms with Crippen molar-refractivity contribution >= 4 is 11.4 Å². The number of ether oxygens (including phenoxy) is 2. The lowest BCUT2D eigenvalue weighted by molar-refractivity contribution is 0.201. The van der Waals surface area contributed by atoms with E-state index in [9.17, 15) is 0 Å². The van der Waals surface area contributed by atoms with E-state index in [0.717, 1.165) is 42.1 Å². The number of aryl methyl sites for hydroxylation is 1. The molecular formula is C26H30N2O2. The van der Waals surface area contributed by atoms with Gasteiger partial charge in [0, 0.05) is 36.4 Å². The number of rotatable bonds is 7. The van der Waals surface area contributed by atoms with Gasteiger partial charge in [0.2, 0.25) is 0 Å². The first-order valence-corrected chi connectivity index (χ1v) is 10.7. The Bertz CT molecular complexity index is 982. The summed E-state index contributed by atoms with van der Waals surface area (Å²) in [6.07, 6.45) is 8.73. The van der Waals surface area contributed by atoms with Crippen molar-refractivity contribution in [2.45, 2.75) is 52.2 Å². The predicted molar refractivity (Wildman–Crippen MR) is 122 cm³/mol. The standard InChI is InChI=1S/C26H30N2O2/c1-19-8-6-12-24(20(19)2)28(18-21-9-7-15-27-17-21)22-13-14-25(29-3)26(16-22)30-23-10-4-5-11-23/h6-9,12-17,23H,4-5,10-11,18H2,1-3H3. The van der Waals surface area contributed by atoms with E-state index >= 15 is 0 Å². The highest BCUT2D eigenvalue weighted by atomic mass is 16.5. The Balaban J connectivity index is 1.75. The summed E-state index contributed by atoms with van der Waals surface area (Å²) in [5, 5.41) is 0. The van der Waals surface area contributed by atoms with Crippen molar-refractivity contribution in [1.82, 2.24) is 4.98 Å². The van der Waals surface area contributed by atoms with Crippen LogP contribution >= 0.6 is 0 Å². The zero-order valence-corrected chi connectivity index (χ0v) is 18.1. The SMILES string of the molecule is COc1ccc(N(Cc2cccnc2)c2cccc(C)c2C)cc1OC1CCCC1. The molecule has 1 fully saturated rings. The normalized spacial score (nSPS) is 14.0. The van der Waals surface area contributed by atoms with E-state index in [-0.39, 0.29) is 6.10 Å². The van der Waals surface area contributed by atoms with Crippen LogP contribution in [-0.4, -0.2) is 18.2 Å². The van der Waals surface area contributed by atoms with Crippen LogP contribution in [0.1, 0.15) is 42.4 Å². The van der Waals surface area contributed by atoms with Gasteiger partial charge in [-0.25, -0.2) is 0 Å². The van der Waals surface area contributed by atoms with Crippen LogP contribution in [-0.2, 0) is 6.54 Å². The van der Waals surface area contributed by atoms with Crippen molar-refractivity contribution in [2.75, 3.05) is 12.0 Å². The highest BCUT2D eigenvalue weighted by Gasteiger charge is 2.21. The number of anilines is 2. The third-order valence-electron chi connectivity index (χ3n) is 5.99. The van der Waals surface area contributed by atoms with Crippen LogP contribution in [0.3, 0.4) is 0 Å². The molecule has 1 aromatic heterocycles. The minimum Gasteiger partial charge on any atom is -0.493 e. The summed E-state index contributed by atoms with van der Waals surface area (Å²) >= 11 is 0. The Hall–Kier alpha value is -3.01. The van der Waals surface area contributed by atoms with Crippen molar-refractivity contribution in [1.29, 1.82) is 0 Å². The van der Waals surface area contributed by atoms with Gasteiger partial charge in [0.25, 0.3) is 0 Å². The van der Waals surface area contributed by atoms with Gasteiger partial charge in [0.15, 0.2) is 11.5 Å². The van der Waals surface area contributed by atoms with Crippen LogP contribution in [0.15, 0.2) is 60.9 Å². The molecule has 1 saturated carbocycles. The molecule has 30 heavy (non-hydrogen) atoms. The molecule has 0 saturated heterocycles. The number of pyridine rings is 1. The Morgan fingerprint density at radius 2 is 1.83 bits per heavy atom. The van der Waals surface area contributed by atoms with Crippen LogP contribution in [0.2, 0.25) is 0 Å². The summed E-state index contributed by atoms with van der Waals surface area (Å²) in [5.74, 6) is 1.61. The maximum atomic E-state index is 6.36. The fourth-order valence-electron chi connectivity index (χ4n) is 4.13. The molecule has 156 valence electrons. The summed E-state index contributed by atoms with van der Waals surface area (Å²) in [5.41, 5.74) is 5.99. The maximum absolute atomic E-state index is 6.36. The fourth-order valence-corrected chi connectivity index (χ4v) is 4.13. The molecule has 4 rings (SSSR count). The second-order valence-electron chi connectivity index (χ2n) is 8.03. The first-order valence-electron chi connectivity index (χ1n) is 10.7. The minimum atomic E-state index is 0.279. The van der Waals surface area contributed by atoms with Crippen molar-refractivity contribution < 1.29 is 9.47 Å². The first-order chi connectivity index (χ1) is 14.7. The minimum absolute atomic E-state index is 0.279. The number of methoxy groups -OCH3 is 1. The lowest BCUT2D eigenvalue weighted by Gasteiger charge is -2.28. The summed E-state index contributed by atoms with van der Waals surface area (Å²) < 4.78 is 12.0. The van der Waals surface area contributed by atoms with Crippen LogP contribution in [0.25, 0.3) is 0 Å². The second kappa shape index (κ2) is 9.21. The highest BCUT2D eigenvalue weighted by molar-refractivity contribution is 5.70. The first kappa shape index (κ1) is 20.3. The van der Waals surface area contributed by atoms with Crippen molar-refractivity contribution in [3.8, 4) is 11.5 Å². The quantitative estimate of drug-likeness (QED) is 0.460. The Morgan fingerprint density at radius 1 is 1.00 bits per heavy atom. The van der Waals surface area contributed by atoms with Crippen molar-refractivity contribution in [3.63, 3.8) is 0 Å². The molecule has 0 unspecified atom stereocenters. The van der Waals surface area contributed by atoms with Gasteiger partial charge in [-0.2, -0.15) is 0 Å². The number of hydrogen-bond donors (Lipinski definition) is 0. The molecule has 1 heterocycles. The molecule has 0 spiro atoms. The van der Waals surface area contributed by atoms with Gasteiger partial charge in [-0.05, 0) is 80.5 Å². The zero-order valence-electron chi connectivity index (χ0n) is 18.1. The Labute approximate surface area is 179 Å². The number of nitrogens with zero attached hydrogens (tertiary/aromatic N) is 2. The van der Waals surface area contributed by atoms with Crippen molar-refractivity contribution in [2.24, 2.45) is 0 Å². The zero-order chi connectivity index (χ0) is 20.9. The summed E-state index contributed by atoms with van der Waals surface area (Å²) in [6.45, 7) is 5.07. The maximum Gasteiger partial charge on any atom is 0.163 e. The molecule has 0 radical (unpaired) electrons. The Morgan fingerprint density at radius 3 is 2.57 bits per heavy atom. The lowest BCUT2D eigenvalue weighted by atomic mass is 10.1. The summed E-state index contributed by atoms with van der Waals surface area (Å²) in [4.78, 5) is 6.64. The lowest BCUT2D eigenvalue weighted by Crippen LogP contribution is -2.18. The van der Waals surface area contributed by atoms with Gasteiger partial charge in [-0.3, -0.25) is 4.98 Å². The van der Waals surface area contributed by atoms with E-state index in [1.165, 1.54) is 29.7 Å². The summed E-state index contributed by atoms with van der Waals surface area (Å²) in [6, 6.07) is 16.8. The fraction of sp³-hybridized carbons (Fsp3) is 0.346.